The van der Waals surface area contributed by atoms with Crippen LogP contribution in [-0.4, -0.2) is 83.0 Å². The molecule has 0 bridgehead atoms. The molecule has 1 saturated heterocycles. The first-order valence-electron chi connectivity index (χ1n) is 12.1. The molecule has 1 aromatic rings. The van der Waals surface area contributed by atoms with E-state index in [0.717, 1.165) is 49.6 Å². The first-order valence-corrected chi connectivity index (χ1v) is 14.1. The number of aliphatic hydroxyl groups is 1. The average molecular weight is 495 g/mol. The summed E-state index contributed by atoms with van der Waals surface area (Å²) in [4.78, 5) is 35.3. The number of thioether (sulfide) groups is 1. The van der Waals surface area contributed by atoms with Crippen molar-refractivity contribution in [3.63, 3.8) is 0 Å². The largest absolute Gasteiger partial charge is 0.392 e. The van der Waals surface area contributed by atoms with Crippen molar-refractivity contribution in [1.29, 1.82) is 0 Å². The molecule has 0 aromatic carbocycles. The quantitative estimate of drug-likeness (QED) is 0.655. The molecule has 2 fully saturated rings. The summed E-state index contributed by atoms with van der Waals surface area (Å²) in [5.74, 6) is 2.10. The predicted octanol–water partition coefficient (Wildman–Crippen LogP) is 2.91. The molecule has 2 heterocycles. The fraction of sp³-hybridized carbons (Fsp3) is 0.792. The minimum atomic E-state index is -0.529. The van der Waals surface area contributed by atoms with Crippen LogP contribution in [0.2, 0.25) is 0 Å². The van der Waals surface area contributed by atoms with E-state index in [1.807, 2.05) is 42.6 Å². The average Bonchev–Trinajstić information content (AvgIpc) is 3.14. The van der Waals surface area contributed by atoms with Gasteiger partial charge in [0.15, 0.2) is 5.13 Å². The lowest BCUT2D eigenvalue weighted by molar-refractivity contribution is -0.144. The molecule has 1 aliphatic heterocycles. The second-order valence-corrected chi connectivity index (χ2v) is 13.0. The number of rotatable bonds is 5. The number of nitrogens with one attached hydrogen (secondary N) is 1. The van der Waals surface area contributed by atoms with Gasteiger partial charge in [-0.25, -0.2) is 4.98 Å². The summed E-state index contributed by atoms with van der Waals surface area (Å²) in [5.41, 5.74) is 0.985. The number of fused-ring (bicyclic) bond motifs is 2. The van der Waals surface area contributed by atoms with E-state index in [0.29, 0.717) is 11.7 Å². The molecule has 3 aliphatic rings. The van der Waals surface area contributed by atoms with Crippen molar-refractivity contribution in [2.45, 2.75) is 52.1 Å². The summed E-state index contributed by atoms with van der Waals surface area (Å²) in [5, 5.41) is 15.2. The number of aliphatic hydroxyl groups excluding tert-OH is 1. The molecule has 2 aliphatic carbocycles. The Balaban J connectivity index is 1.51. The van der Waals surface area contributed by atoms with Gasteiger partial charge in [-0.1, -0.05) is 20.8 Å². The lowest BCUT2D eigenvalue weighted by Gasteiger charge is -2.53. The van der Waals surface area contributed by atoms with Crippen molar-refractivity contribution < 1.29 is 14.7 Å². The second kappa shape index (κ2) is 9.84. The molecular formula is C24H38N4O3S2. The molecule has 1 saturated carbocycles. The molecule has 184 valence electrons. The van der Waals surface area contributed by atoms with Crippen molar-refractivity contribution in [3.05, 3.63) is 10.6 Å². The maximum atomic E-state index is 13.2. The lowest BCUT2D eigenvalue weighted by Crippen LogP contribution is -2.54. The second-order valence-electron chi connectivity index (χ2n) is 10.7. The standard InChI is InChI=1S/C24H38N4O3S2/c1-14(22(31)28-8-10-32-11-9-28)16-6-7-24(3)12-17-20(15(2)19(24)21(16)30)26-23(33-17)25-18(29)13-27(4)5/h14-16,19,21,30H,6-13H2,1-5H3,(H,25,26,29)/t14-,15-,16+,19+,21-,24+/m0/s1. The van der Waals surface area contributed by atoms with Crippen LogP contribution in [0.15, 0.2) is 0 Å². The molecule has 2 amide bonds. The van der Waals surface area contributed by atoms with Crippen LogP contribution in [-0.2, 0) is 16.0 Å². The Morgan fingerprint density at radius 2 is 2.03 bits per heavy atom. The third-order valence-corrected chi connectivity index (χ3v) is 9.91. The third-order valence-electron chi connectivity index (χ3n) is 7.98. The minimum Gasteiger partial charge on any atom is -0.392 e. The van der Waals surface area contributed by atoms with E-state index in [2.05, 4.69) is 19.2 Å². The smallest absolute Gasteiger partial charge is 0.240 e. The number of amides is 2. The van der Waals surface area contributed by atoms with Crippen LogP contribution in [0.25, 0.3) is 0 Å². The van der Waals surface area contributed by atoms with Crippen LogP contribution < -0.4 is 5.32 Å². The van der Waals surface area contributed by atoms with Crippen LogP contribution in [0.1, 0.15) is 50.1 Å². The Bertz CT molecular complexity index is 885. The van der Waals surface area contributed by atoms with Crippen LogP contribution >= 0.6 is 23.1 Å². The third kappa shape index (κ3) is 4.97. The zero-order chi connectivity index (χ0) is 23.9. The highest BCUT2D eigenvalue weighted by Gasteiger charge is 2.54. The Hall–Kier alpha value is -1.16. The van der Waals surface area contributed by atoms with Gasteiger partial charge in [-0.05, 0) is 50.6 Å². The fourth-order valence-corrected chi connectivity index (χ4v) is 8.48. The number of carbonyl (C=O) groups is 2. The van der Waals surface area contributed by atoms with Crippen LogP contribution in [0.4, 0.5) is 5.13 Å². The van der Waals surface area contributed by atoms with Gasteiger partial charge >= 0.3 is 0 Å². The Morgan fingerprint density at radius 3 is 2.70 bits per heavy atom. The number of carbonyl (C=O) groups excluding carboxylic acids is 2. The van der Waals surface area contributed by atoms with Crippen LogP contribution in [0, 0.1) is 23.2 Å². The summed E-state index contributed by atoms with van der Waals surface area (Å²) in [7, 11) is 3.74. The van der Waals surface area contributed by atoms with Crippen LogP contribution in [0.3, 0.4) is 0 Å². The molecule has 1 aromatic heterocycles. The van der Waals surface area contributed by atoms with E-state index in [-0.39, 0.29) is 40.9 Å². The normalized spacial score (nSPS) is 32.8. The molecule has 9 heteroatoms. The van der Waals surface area contributed by atoms with Gasteiger partial charge in [-0.15, -0.1) is 11.3 Å². The van der Waals surface area contributed by atoms with Crippen molar-refractivity contribution in [3.8, 4) is 0 Å². The molecular weight excluding hydrogens is 456 g/mol. The SMILES string of the molecule is C[C@H](C(=O)N1CCSCC1)[C@H]1CC[C@]2(C)Cc3sc(NC(=O)CN(C)C)nc3[C@@H](C)[C@@H]2[C@H]1O. The molecule has 0 spiro atoms. The van der Waals surface area contributed by atoms with Gasteiger partial charge in [0.1, 0.15) is 0 Å². The number of likely N-dealkylation sites (N-methyl/N-ethyl adjacent to an activating group) is 1. The fourth-order valence-electron chi connectivity index (χ4n) is 6.30. The summed E-state index contributed by atoms with van der Waals surface area (Å²) in [6.07, 6.45) is 2.21. The summed E-state index contributed by atoms with van der Waals surface area (Å²) < 4.78 is 0. The maximum Gasteiger partial charge on any atom is 0.240 e. The number of hydrogen-bond donors (Lipinski definition) is 2. The van der Waals surface area contributed by atoms with E-state index in [1.54, 1.807) is 11.3 Å². The Kier molecular flexibility index (Phi) is 7.44. The highest BCUT2D eigenvalue weighted by Crippen LogP contribution is 2.57. The van der Waals surface area contributed by atoms with Crippen molar-refractivity contribution in [1.82, 2.24) is 14.8 Å². The Morgan fingerprint density at radius 1 is 1.33 bits per heavy atom. The molecule has 33 heavy (non-hydrogen) atoms. The molecule has 4 rings (SSSR count). The first kappa shape index (κ1) is 24.9. The molecule has 2 N–H and O–H groups in total. The Labute approximate surface area is 205 Å². The summed E-state index contributed by atoms with van der Waals surface area (Å²) >= 11 is 3.48. The van der Waals surface area contributed by atoms with Crippen LogP contribution in [0.5, 0.6) is 0 Å². The number of nitrogens with zero attached hydrogens (tertiary/aromatic N) is 3. The number of thiazole rings is 1. The summed E-state index contributed by atoms with van der Waals surface area (Å²) in [6, 6.07) is 0. The molecule has 0 radical (unpaired) electrons. The maximum absolute atomic E-state index is 13.2. The zero-order valence-corrected chi connectivity index (χ0v) is 22.1. The van der Waals surface area contributed by atoms with Gasteiger partial charge < -0.3 is 20.2 Å². The van der Waals surface area contributed by atoms with E-state index >= 15 is 0 Å². The topological polar surface area (TPSA) is 85.8 Å². The van der Waals surface area contributed by atoms with Gasteiger partial charge in [0.05, 0.1) is 18.3 Å². The highest BCUT2D eigenvalue weighted by molar-refractivity contribution is 7.99. The van der Waals surface area contributed by atoms with Crippen molar-refractivity contribution in [2.75, 3.05) is 50.6 Å². The zero-order valence-electron chi connectivity index (χ0n) is 20.5. The monoisotopic (exact) mass is 494 g/mol. The number of anilines is 1. The van der Waals surface area contributed by atoms with Gasteiger partial charge in [0.2, 0.25) is 11.8 Å². The first-order chi connectivity index (χ1) is 15.6. The van der Waals surface area contributed by atoms with E-state index in [4.69, 9.17) is 4.98 Å². The minimum absolute atomic E-state index is 0.0212. The summed E-state index contributed by atoms with van der Waals surface area (Å²) in [6.45, 7) is 8.42. The number of hydrogen-bond acceptors (Lipinski definition) is 7. The van der Waals surface area contributed by atoms with E-state index in [9.17, 15) is 14.7 Å². The van der Waals surface area contributed by atoms with Gasteiger partial charge in [0, 0.05) is 41.3 Å². The molecule has 0 unspecified atom stereocenters. The van der Waals surface area contributed by atoms with E-state index in [1.165, 1.54) is 4.88 Å². The van der Waals surface area contributed by atoms with Gasteiger partial charge in [0.25, 0.3) is 0 Å². The van der Waals surface area contributed by atoms with E-state index < -0.39 is 6.10 Å². The predicted molar refractivity (Wildman–Crippen MR) is 135 cm³/mol. The molecule has 7 nitrogen and oxygen atoms in total. The highest BCUT2D eigenvalue weighted by atomic mass is 32.2. The number of aromatic nitrogens is 1. The molecule has 6 atom stereocenters. The van der Waals surface area contributed by atoms with Gasteiger partial charge in [-0.3, -0.25) is 9.59 Å². The van der Waals surface area contributed by atoms with Gasteiger partial charge in [-0.2, -0.15) is 11.8 Å². The lowest BCUT2D eigenvalue weighted by atomic mass is 9.53. The van der Waals surface area contributed by atoms with Crippen molar-refractivity contribution in [2.24, 2.45) is 23.2 Å². The van der Waals surface area contributed by atoms with Crippen molar-refractivity contribution >= 4 is 40.0 Å².